The molecule has 0 aliphatic rings. The standard InChI is InChI=1S/C18H37NO2S/c1-3-5-7-9-11-13-15-17-18(19-22(20)21)16-14-12-10-8-6-4-2/h3-17H2,1-2H3,(H,20,21)/p-1. The van der Waals surface area contributed by atoms with Gasteiger partial charge in [-0.15, -0.1) is 0 Å². The van der Waals surface area contributed by atoms with Gasteiger partial charge in [-0.2, -0.15) is 0 Å². The minimum absolute atomic E-state index is 0.857. The maximum Gasteiger partial charge on any atom is 0.0676 e. The summed E-state index contributed by atoms with van der Waals surface area (Å²) >= 11 is -2.28. The van der Waals surface area contributed by atoms with Gasteiger partial charge in [-0.3, -0.25) is 4.21 Å². The van der Waals surface area contributed by atoms with Crippen molar-refractivity contribution in [3.63, 3.8) is 0 Å². The van der Waals surface area contributed by atoms with Gasteiger partial charge in [0.15, 0.2) is 0 Å². The van der Waals surface area contributed by atoms with Gasteiger partial charge in [-0.05, 0) is 25.7 Å². The van der Waals surface area contributed by atoms with Crippen molar-refractivity contribution in [2.45, 2.75) is 110 Å². The predicted molar refractivity (Wildman–Crippen MR) is 97.0 cm³/mol. The molecule has 0 aliphatic heterocycles. The lowest BCUT2D eigenvalue weighted by atomic mass is 10.0. The van der Waals surface area contributed by atoms with Gasteiger partial charge >= 0.3 is 0 Å². The summed E-state index contributed by atoms with van der Waals surface area (Å²) in [6.07, 6.45) is 17.9. The molecule has 132 valence electrons. The predicted octanol–water partition coefficient (Wildman–Crippen LogP) is 6.11. The van der Waals surface area contributed by atoms with E-state index in [-0.39, 0.29) is 0 Å². The number of hydrogen-bond acceptors (Lipinski definition) is 2. The van der Waals surface area contributed by atoms with Crippen LogP contribution in [0.15, 0.2) is 4.40 Å². The van der Waals surface area contributed by atoms with Crippen LogP contribution in [0.4, 0.5) is 0 Å². The molecule has 0 saturated heterocycles. The number of nitrogens with zero attached hydrogens (tertiary/aromatic N) is 1. The third kappa shape index (κ3) is 16.2. The van der Waals surface area contributed by atoms with E-state index in [9.17, 15) is 8.76 Å². The first kappa shape index (κ1) is 21.8. The van der Waals surface area contributed by atoms with Crippen molar-refractivity contribution < 1.29 is 8.76 Å². The van der Waals surface area contributed by atoms with Gasteiger partial charge in [-0.1, -0.05) is 84.5 Å². The third-order valence-electron chi connectivity index (χ3n) is 4.09. The molecule has 0 amide bonds. The second kappa shape index (κ2) is 17.1. The lowest BCUT2D eigenvalue weighted by molar-refractivity contribution is 0.538. The minimum atomic E-state index is -2.28. The second-order valence-electron chi connectivity index (χ2n) is 6.26. The van der Waals surface area contributed by atoms with Crippen LogP contribution in [0, 0.1) is 0 Å². The van der Waals surface area contributed by atoms with Gasteiger partial charge < -0.3 is 4.55 Å². The maximum absolute atomic E-state index is 10.8. The minimum Gasteiger partial charge on any atom is -0.754 e. The van der Waals surface area contributed by atoms with Crippen molar-refractivity contribution in [1.29, 1.82) is 0 Å². The summed E-state index contributed by atoms with van der Waals surface area (Å²) in [6, 6.07) is 0. The Labute approximate surface area is 140 Å². The molecule has 0 aromatic heterocycles. The largest absolute Gasteiger partial charge is 0.754 e. The molecule has 0 radical (unpaired) electrons. The molecule has 4 heteroatoms. The van der Waals surface area contributed by atoms with Crippen molar-refractivity contribution in [2.75, 3.05) is 0 Å². The monoisotopic (exact) mass is 330 g/mol. The molecule has 0 aromatic rings. The second-order valence-corrected chi connectivity index (χ2v) is 6.88. The topological polar surface area (TPSA) is 52.5 Å². The maximum atomic E-state index is 10.8. The zero-order valence-electron chi connectivity index (χ0n) is 14.8. The molecule has 0 rings (SSSR count). The van der Waals surface area contributed by atoms with E-state index < -0.39 is 11.3 Å². The molecule has 0 N–H and O–H groups in total. The molecule has 0 fully saturated rings. The summed E-state index contributed by atoms with van der Waals surface area (Å²) in [5.74, 6) is 0. The van der Waals surface area contributed by atoms with Crippen molar-refractivity contribution in [3.05, 3.63) is 0 Å². The summed E-state index contributed by atoms with van der Waals surface area (Å²) in [6.45, 7) is 4.45. The Morgan fingerprint density at radius 3 is 1.45 bits per heavy atom. The van der Waals surface area contributed by atoms with Crippen molar-refractivity contribution in [1.82, 2.24) is 0 Å². The van der Waals surface area contributed by atoms with E-state index in [1.165, 1.54) is 70.6 Å². The van der Waals surface area contributed by atoms with Gasteiger partial charge in [0, 0.05) is 5.71 Å². The van der Waals surface area contributed by atoms with Crippen LogP contribution < -0.4 is 0 Å². The lowest BCUT2D eigenvalue weighted by Crippen LogP contribution is -2.01. The van der Waals surface area contributed by atoms with Gasteiger partial charge in [0.25, 0.3) is 0 Å². The van der Waals surface area contributed by atoms with Gasteiger partial charge in [0.2, 0.25) is 0 Å². The average molecular weight is 331 g/mol. The fraction of sp³-hybridized carbons (Fsp3) is 0.944. The molecule has 0 aromatic carbocycles. The van der Waals surface area contributed by atoms with Crippen LogP contribution in [0.5, 0.6) is 0 Å². The van der Waals surface area contributed by atoms with E-state index in [4.69, 9.17) is 0 Å². The first-order valence-electron chi connectivity index (χ1n) is 9.36. The Kier molecular flexibility index (Phi) is 17.0. The average Bonchev–Trinajstić information content (AvgIpc) is 2.49. The zero-order chi connectivity index (χ0) is 16.5. The van der Waals surface area contributed by atoms with E-state index in [0.29, 0.717) is 0 Å². The normalized spacial score (nSPS) is 13.5. The Morgan fingerprint density at radius 1 is 0.727 bits per heavy atom. The Balaban J connectivity index is 3.73. The molecule has 0 saturated carbocycles. The molecule has 0 aliphatic carbocycles. The highest BCUT2D eigenvalue weighted by molar-refractivity contribution is 7.77. The third-order valence-corrected chi connectivity index (χ3v) is 4.50. The zero-order valence-corrected chi connectivity index (χ0v) is 15.6. The lowest BCUT2D eigenvalue weighted by Gasteiger charge is -2.08. The first-order chi connectivity index (χ1) is 10.7. The molecule has 22 heavy (non-hydrogen) atoms. The van der Waals surface area contributed by atoms with E-state index >= 15 is 0 Å². The summed E-state index contributed by atoms with van der Waals surface area (Å²) in [7, 11) is 0. The van der Waals surface area contributed by atoms with Crippen LogP contribution >= 0.6 is 0 Å². The van der Waals surface area contributed by atoms with E-state index in [0.717, 1.165) is 31.4 Å². The van der Waals surface area contributed by atoms with Crippen LogP contribution in [-0.4, -0.2) is 14.5 Å². The highest BCUT2D eigenvalue weighted by Gasteiger charge is 2.01. The van der Waals surface area contributed by atoms with Crippen molar-refractivity contribution in [3.8, 4) is 0 Å². The molecule has 0 spiro atoms. The SMILES string of the molecule is CCCCCCCCCC(CCCCCCCC)=NS(=O)[O-]. The van der Waals surface area contributed by atoms with Crippen LogP contribution in [0.2, 0.25) is 0 Å². The van der Waals surface area contributed by atoms with Gasteiger partial charge in [0.1, 0.15) is 0 Å². The van der Waals surface area contributed by atoms with Crippen LogP contribution in [0.3, 0.4) is 0 Å². The smallest absolute Gasteiger partial charge is 0.0676 e. The molecule has 0 bridgehead atoms. The van der Waals surface area contributed by atoms with Crippen LogP contribution in [0.25, 0.3) is 0 Å². The highest BCUT2D eigenvalue weighted by Crippen LogP contribution is 2.13. The highest BCUT2D eigenvalue weighted by atomic mass is 32.2. The molecule has 3 nitrogen and oxygen atoms in total. The van der Waals surface area contributed by atoms with Gasteiger partial charge in [-0.25, -0.2) is 4.40 Å². The Hall–Kier alpha value is -0.220. The molecule has 0 heterocycles. The Morgan fingerprint density at radius 2 is 1.09 bits per heavy atom. The van der Waals surface area contributed by atoms with E-state index in [2.05, 4.69) is 18.2 Å². The van der Waals surface area contributed by atoms with E-state index in [1.807, 2.05) is 0 Å². The number of unbranched alkanes of at least 4 members (excludes halogenated alkanes) is 11. The van der Waals surface area contributed by atoms with Crippen LogP contribution in [-0.2, 0) is 11.3 Å². The summed E-state index contributed by atoms with van der Waals surface area (Å²) in [5.41, 5.74) is 0.886. The van der Waals surface area contributed by atoms with Crippen molar-refractivity contribution >= 4 is 17.0 Å². The van der Waals surface area contributed by atoms with Gasteiger partial charge in [0.05, 0.1) is 11.3 Å². The Bertz CT molecular complexity index is 293. The molecule has 1 unspecified atom stereocenters. The summed E-state index contributed by atoms with van der Waals surface area (Å²) < 4.78 is 25.4. The number of rotatable bonds is 16. The van der Waals surface area contributed by atoms with Crippen molar-refractivity contribution in [2.24, 2.45) is 4.40 Å². The number of hydrogen-bond donors (Lipinski definition) is 0. The summed E-state index contributed by atoms with van der Waals surface area (Å²) in [5, 5.41) is 0. The molecular formula is C18H36NO2S-. The molecular weight excluding hydrogens is 294 g/mol. The quantitative estimate of drug-likeness (QED) is 0.195. The van der Waals surface area contributed by atoms with Crippen LogP contribution in [0.1, 0.15) is 110 Å². The fourth-order valence-electron chi connectivity index (χ4n) is 2.72. The van der Waals surface area contributed by atoms with E-state index in [1.54, 1.807) is 0 Å². The molecule has 1 atom stereocenters. The summed E-state index contributed by atoms with van der Waals surface area (Å²) in [4.78, 5) is 0. The fourth-order valence-corrected chi connectivity index (χ4v) is 3.11. The first-order valence-corrected chi connectivity index (χ1v) is 10.4.